The highest BCUT2D eigenvalue weighted by Gasteiger charge is 2.14. The molecule has 0 spiro atoms. The summed E-state index contributed by atoms with van der Waals surface area (Å²) in [5.74, 6) is 0.664. The smallest absolute Gasteiger partial charge is 0.300 e. The second kappa shape index (κ2) is 9.76. The third-order valence-electron chi connectivity index (χ3n) is 4.65. The van der Waals surface area contributed by atoms with Crippen molar-refractivity contribution in [2.24, 2.45) is 0 Å². The zero-order chi connectivity index (χ0) is 21.7. The number of aromatic nitrogens is 1. The van der Waals surface area contributed by atoms with Crippen molar-refractivity contribution < 1.29 is 19.4 Å². The molecule has 4 rings (SSSR count). The fraction of sp³-hybridized carbons (Fsp3) is 0.250. The molecule has 0 aliphatic carbocycles. The molecule has 30 heavy (non-hydrogen) atoms. The minimum absolute atomic E-state index is 0.480. The molecule has 3 aromatic rings. The first-order valence-corrected chi connectivity index (χ1v) is 10.4. The molecule has 1 aliphatic heterocycles. The van der Waals surface area contributed by atoms with Gasteiger partial charge in [0.1, 0.15) is 12.4 Å². The van der Waals surface area contributed by atoms with E-state index in [4.69, 9.17) is 19.4 Å². The maximum atomic E-state index is 9.00. The normalized spacial score (nSPS) is 11.7. The van der Waals surface area contributed by atoms with Crippen LogP contribution >= 0.6 is 15.9 Å². The third-order valence-corrected chi connectivity index (χ3v) is 5.11. The first-order valence-electron chi connectivity index (χ1n) is 9.63. The lowest BCUT2D eigenvalue weighted by Crippen LogP contribution is -1.98. The van der Waals surface area contributed by atoms with Gasteiger partial charge in [-0.25, -0.2) is 4.98 Å². The number of nitrogens with zero attached hydrogens (tertiary/aromatic N) is 1. The van der Waals surface area contributed by atoms with E-state index in [0.29, 0.717) is 12.5 Å². The summed E-state index contributed by atoms with van der Waals surface area (Å²) in [4.78, 5) is 13.4. The van der Waals surface area contributed by atoms with Gasteiger partial charge in [0.25, 0.3) is 5.97 Å². The molecule has 1 aromatic heterocycles. The van der Waals surface area contributed by atoms with Crippen molar-refractivity contribution in [3.05, 3.63) is 75.4 Å². The molecule has 156 valence electrons. The minimum Gasteiger partial charge on any atom is -0.493 e. The van der Waals surface area contributed by atoms with Crippen molar-refractivity contribution >= 4 is 21.9 Å². The molecule has 1 N–H and O–H groups in total. The molecule has 0 unspecified atom stereocenters. The van der Waals surface area contributed by atoms with E-state index in [0.717, 1.165) is 41.3 Å². The van der Waals surface area contributed by atoms with E-state index < -0.39 is 5.97 Å². The highest BCUT2D eigenvalue weighted by Crippen LogP contribution is 2.31. The topological polar surface area (TPSA) is 68.7 Å². The first-order chi connectivity index (χ1) is 14.3. The zero-order valence-electron chi connectivity index (χ0n) is 17.2. The van der Waals surface area contributed by atoms with Crippen molar-refractivity contribution in [2.75, 3.05) is 6.61 Å². The highest BCUT2D eigenvalue weighted by atomic mass is 79.9. The average molecular weight is 470 g/mol. The van der Waals surface area contributed by atoms with E-state index >= 15 is 0 Å². The summed E-state index contributed by atoms with van der Waals surface area (Å²) in [7, 11) is 0. The lowest BCUT2D eigenvalue weighted by molar-refractivity contribution is -0.134. The number of rotatable bonds is 4. The number of ether oxygens (including phenoxy) is 2. The largest absolute Gasteiger partial charge is 0.493 e. The van der Waals surface area contributed by atoms with Gasteiger partial charge >= 0.3 is 0 Å². The summed E-state index contributed by atoms with van der Waals surface area (Å²) < 4.78 is 12.6. The third kappa shape index (κ3) is 5.60. The summed E-state index contributed by atoms with van der Waals surface area (Å²) >= 11 is 3.57. The van der Waals surface area contributed by atoms with Gasteiger partial charge < -0.3 is 14.6 Å². The van der Waals surface area contributed by atoms with Crippen LogP contribution in [0.15, 0.2) is 53.1 Å². The molecule has 0 atom stereocenters. The van der Waals surface area contributed by atoms with Gasteiger partial charge in [-0.2, -0.15) is 0 Å². The molecule has 0 bridgehead atoms. The van der Waals surface area contributed by atoms with Gasteiger partial charge in [0.2, 0.25) is 5.88 Å². The number of carbonyl (C=O) groups is 1. The van der Waals surface area contributed by atoms with Gasteiger partial charge in [-0.15, -0.1) is 0 Å². The van der Waals surface area contributed by atoms with Gasteiger partial charge in [0.15, 0.2) is 0 Å². The van der Waals surface area contributed by atoms with E-state index in [9.17, 15) is 0 Å². The molecule has 0 saturated heterocycles. The lowest BCUT2D eigenvalue weighted by Gasteiger charge is -2.13. The molecule has 5 nitrogen and oxygen atoms in total. The first kappa shape index (κ1) is 21.8. The van der Waals surface area contributed by atoms with Crippen LogP contribution < -0.4 is 9.47 Å². The number of carboxylic acid groups (broad SMARTS) is 1. The number of benzene rings is 2. The highest BCUT2D eigenvalue weighted by molar-refractivity contribution is 9.10. The van der Waals surface area contributed by atoms with Gasteiger partial charge in [-0.1, -0.05) is 34.1 Å². The van der Waals surface area contributed by atoms with Crippen LogP contribution in [-0.4, -0.2) is 22.7 Å². The second-order valence-electron chi connectivity index (χ2n) is 7.15. The molecule has 0 radical (unpaired) electrons. The van der Waals surface area contributed by atoms with Crippen molar-refractivity contribution in [2.45, 2.75) is 33.8 Å². The van der Waals surface area contributed by atoms with Crippen molar-refractivity contribution in [1.82, 2.24) is 4.98 Å². The van der Waals surface area contributed by atoms with Crippen LogP contribution in [0.5, 0.6) is 11.6 Å². The molecule has 2 heterocycles. The molecular weight excluding hydrogens is 446 g/mol. The van der Waals surface area contributed by atoms with Crippen LogP contribution in [0.4, 0.5) is 0 Å². The maximum absolute atomic E-state index is 9.00. The lowest BCUT2D eigenvalue weighted by atomic mass is 9.95. The predicted molar refractivity (Wildman–Crippen MR) is 120 cm³/mol. The van der Waals surface area contributed by atoms with Gasteiger partial charge in [-0.05, 0) is 59.9 Å². The van der Waals surface area contributed by atoms with E-state index in [1.165, 1.54) is 22.3 Å². The number of hydrogen-bond acceptors (Lipinski definition) is 4. The van der Waals surface area contributed by atoms with E-state index in [1.807, 2.05) is 12.3 Å². The van der Waals surface area contributed by atoms with Gasteiger partial charge in [0, 0.05) is 35.6 Å². The Hall–Kier alpha value is -2.86. The average Bonchev–Trinajstić information content (AvgIpc) is 3.13. The summed E-state index contributed by atoms with van der Waals surface area (Å²) in [5, 5.41) is 7.42. The van der Waals surface area contributed by atoms with Crippen LogP contribution in [0.25, 0.3) is 11.1 Å². The molecule has 0 fully saturated rings. The summed E-state index contributed by atoms with van der Waals surface area (Å²) in [6, 6.07) is 14.7. The Morgan fingerprint density at radius 1 is 1.20 bits per heavy atom. The molecule has 1 aliphatic rings. The van der Waals surface area contributed by atoms with E-state index in [2.05, 4.69) is 71.2 Å². The molecular formula is C24H24BrNO4. The Morgan fingerprint density at radius 3 is 2.60 bits per heavy atom. The van der Waals surface area contributed by atoms with Crippen LogP contribution in [-0.2, 0) is 17.8 Å². The Labute approximate surface area is 184 Å². The van der Waals surface area contributed by atoms with Crippen molar-refractivity contribution in [3.63, 3.8) is 0 Å². The van der Waals surface area contributed by atoms with Crippen LogP contribution in [0.2, 0.25) is 0 Å². The number of halogens is 1. The van der Waals surface area contributed by atoms with Crippen molar-refractivity contribution in [3.8, 4) is 22.8 Å². The number of hydrogen-bond donors (Lipinski definition) is 1. The SMILES string of the molecule is CC(=O)O.Cc1cc(Br)cc(C)c1-c1cccc(COc2cc3c(cn2)CCO3)c1. The van der Waals surface area contributed by atoms with Gasteiger partial charge in [-0.3, -0.25) is 4.79 Å². The van der Waals surface area contributed by atoms with Crippen molar-refractivity contribution in [1.29, 1.82) is 0 Å². The Kier molecular flexibility index (Phi) is 7.11. The standard InChI is InChI=1S/C22H20BrNO2.C2H4O2/c1-14-8-19(23)9-15(2)22(14)17-5-3-4-16(10-17)13-26-21-11-20-18(12-24-21)6-7-25-20;1-2(3)4/h3-5,8-12H,6-7,13H2,1-2H3;1H3,(H,3,4). The number of aryl methyl sites for hydroxylation is 2. The Morgan fingerprint density at radius 2 is 1.90 bits per heavy atom. The van der Waals surface area contributed by atoms with Crippen LogP contribution in [0.3, 0.4) is 0 Å². The second-order valence-corrected chi connectivity index (χ2v) is 8.07. The number of aliphatic carboxylic acids is 1. The molecule has 2 aromatic carbocycles. The summed E-state index contributed by atoms with van der Waals surface area (Å²) in [6.45, 7) is 6.58. The fourth-order valence-electron chi connectivity index (χ4n) is 3.46. The minimum atomic E-state index is -0.833. The van der Waals surface area contributed by atoms with E-state index in [1.54, 1.807) is 0 Å². The molecule has 0 amide bonds. The monoisotopic (exact) mass is 469 g/mol. The number of carboxylic acids is 1. The Bertz CT molecular complexity index is 1040. The number of pyridine rings is 1. The van der Waals surface area contributed by atoms with E-state index in [-0.39, 0.29) is 0 Å². The predicted octanol–water partition coefficient (Wildman–Crippen LogP) is 5.73. The molecule has 6 heteroatoms. The zero-order valence-corrected chi connectivity index (χ0v) is 18.8. The maximum Gasteiger partial charge on any atom is 0.300 e. The molecule has 0 saturated carbocycles. The quantitative estimate of drug-likeness (QED) is 0.527. The fourth-order valence-corrected chi connectivity index (χ4v) is 4.15. The Balaban J connectivity index is 0.000000589. The summed E-state index contributed by atoms with van der Waals surface area (Å²) in [6.07, 6.45) is 2.78. The van der Waals surface area contributed by atoms with Crippen LogP contribution in [0, 0.1) is 13.8 Å². The van der Waals surface area contributed by atoms with Gasteiger partial charge in [0.05, 0.1) is 6.61 Å². The number of fused-ring (bicyclic) bond motifs is 1. The summed E-state index contributed by atoms with van der Waals surface area (Å²) in [5.41, 5.74) is 7.27. The van der Waals surface area contributed by atoms with Crippen LogP contribution in [0.1, 0.15) is 29.2 Å².